The fourth-order valence-corrected chi connectivity index (χ4v) is 4.39. The second-order valence-corrected chi connectivity index (χ2v) is 9.32. The monoisotopic (exact) mass is 598 g/mol. The topological polar surface area (TPSA) is 206 Å². The molecule has 0 saturated carbocycles. The zero-order valence-corrected chi connectivity index (χ0v) is 23.6. The molecule has 14 nitrogen and oxygen atoms in total. The molecule has 2 aromatic rings. The van der Waals surface area contributed by atoms with Crippen LogP contribution < -0.4 is 23.7 Å². The van der Waals surface area contributed by atoms with Crippen LogP contribution in [0, 0.1) is 0 Å². The van der Waals surface area contributed by atoms with Crippen molar-refractivity contribution in [1.82, 2.24) is 0 Å². The normalized spacial score (nSPS) is 23.8. The Bertz CT molecular complexity index is 1140. The third-order valence-corrected chi connectivity index (χ3v) is 6.72. The van der Waals surface area contributed by atoms with E-state index in [9.17, 15) is 30.6 Å². The minimum absolute atomic E-state index is 0.00783. The molecule has 7 atom stereocenters. The molecule has 0 spiro atoms. The second kappa shape index (κ2) is 15.1. The summed E-state index contributed by atoms with van der Waals surface area (Å²) in [6.07, 6.45) is -7.72. The number of phenols is 1. The summed E-state index contributed by atoms with van der Waals surface area (Å²) in [6.45, 7) is -1.14. The second-order valence-electron chi connectivity index (χ2n) is 9.32. The molecule has 42 heavy (non-hydrogen) atoms. The third kappa shape index (κ3) is 7.28. The standard InChI is InChI=1S/C28H38O14/c1-36-16-10-15(11-17(37-2)23(16)32)22(31)21(13-40-28-26(35)25(34)24(33)20(12-30)42-28)41-27-18(38-3)8-14(6-5-7-29)9-19(27)39-4/h5,7-11,20-22,24-26,28-35H,6,12-13H2,1-4H3/b7-5-/t20-,21+,22-,24-,25+,26-,28-/m1/s1. The van der Waals surface area contributed by atoms with Gasteiger partial charge < -0.3 is 68.9 Å². The molecule has 0 unspecified atom stereocenters. The van der Waals surface area contributed by atoms with Gasteiger partial charge in [0, 0.05) is 0 Å². The number of rotatable bonds is 14. The van der Waals surface area contributed by atoms with Crippen LogP contribution >= 0.6 is 0 Å². The van der Waals surface area contributed by atoms with E-state index in [1.54, 1.807) is 12.1 Å². The van der Waals surface area contributed by atoms with Crippen molar-refractivity contribution in [2.24, 2.45) is 0 Å². The fourth-order valence-electron chi connectivity index (χ4n) is 4.39. The number of benzene rings is 2. The summed E-state index contributed by atoms with van der Waals surface area (Å²) in [6, 6.07) is 6.02. The van der Waals surface area contributed by atoms with Gasteiger partial charge in [0.2, 0.25) is 11.5 Å². The van der Waals surface area contributed by atoms with Gasteiger partial charge in [0.25, 0.3) is 0 Å². The molecule has 0 amide bonds. The molecule has 3 rings (SSSR count). The summed E-state index contributed by atoms with van der Waals surface area (Å²) in [4.78, 5) is 0. The van der Waals surface area contributed by atoms with Gasteiger partial charge in [-0.3, -0.25) is 0 Å². The first kappa shape index (κ1) is 33.0. The zero-order valence-electron chi connectivity index (χ0n) is 23.6. The van der Waals surface area contributed by atoms with Crippen LogP contribution in [0.3, 0.4) is 0 Å². The number of aliphatic hydroxyl groups excluding tert-OH is 6. The minimum atomic E-state index is -1.70. The van der Waals surface area contributed by atoms with Crippen molar-refractivity contribution in [3.05, 3.63) is 47.7 Å². The summed E-state index contributed by atoms with van der Waals surface area (Å²) < 4.78 is 38.8. The summed E-state index contributed by atoms with van der Waals surface area (Å²) in [5.41, 5.74) is 0.899. The summed E-state index contributed by atoms with van der Waals surface area (Å²) in [5, 5.41) is 71.1. The van der Waals surface area contributed by atoms with Crippen molar-refractivity contribution >= 4 is 0 Å². The molecule has 234 valence electrons. The number of hydrogen-bond acceptors (Lipinski definition) is 14. The molecule has 2 aromatic carbocycles. The highest BCUT2D eigenvalue weighted by Crippen LogP contribution is 2.43. The van der Waals surface area contributed by atoms with E-state index in [1.165, 1.54) is 46.6 Å². The number of methoxy groups -OCH3 is 4. The van der Waals surface area contributed by atoms with Crippen LogP contribution in [0.2, 0.25) is 0 Å². The first-order valence-electron chi connectivity index (χ1n) is 12.9. The highest BCUT2D eigenvalue weighted by Gasteiger charge is 2.44. The first-order valence-corrected chi connectivity index (χ1v) is 12.9. The maximum atomic E-state index is 11.5. The van der Waals surface area contributed by atoms with Crippen LogP contribution in [0.25, 0.3) is 0 Å². The van der Waals surface area contributed by atoms with Gasteiger partial charge in [-0.1, -0.05) is 0 Å². The lowest BCUT2D eigenvalue weighted by molar-refractivity contribution is -0.305. The van der Waals surface area contributed by atoms with Crippen LogP contribution in [0.15, 0.2) is 36.6 Å². The Morgan fingerprint density at radius 2 is 1.43 bits per heavy atom. The van der Waals surface area contributed by atoms with Crippen molar-refractivity contribution < 1.29 is 68.9 Å². The van der Waals surface area contributed by atoms with Gasteiger partial charge in [-0.25, -0.2) is 0 Å². The van der Waals surface area contributed by atoms with E-state index in [0.717, 1.165) is 6.26 Å². The smallest absolute Gasteiger partial charge is 0.204 e. The predicted octanol–water partition coefficient (Wildman–Crippen LogP) is 0.338. The number of phenolic OH excluding ortho intramolecular Hbond substituents is 1. The number of aromatic hydroxyl groups is 1. The maximum absolute atomic E-state index is 11.5. The Kier molecular flexibility index (Phi) is 11.9. The van der Waals surface area contributed by atoms with Crippen LogP contribution in [-0.2, 0) is 15.9 Å². The van der Waals surface area contributed by atoms with Gasteiger partial charge in [0.1, 0.15) is 30.5 Å². The average molecular weight is 599 g/mol. The molecule has 1 saturated heterocycles. The van der Waals surface area contributed by atoms with Gasteiger partial charge in [-0.15, -0.1) is 0 Å². The Morgan fingerprint density at radius 3 is 1.93 bits per heavy atom. The van der Waals surface area contributed by atoms with Crippen molar-refractivity contribution in [2.45, 2.75) is 49.3 Å². The van der Waals surface area contributed by atoms with Gasteiger partial charge in [-0.05, 0) is 47.9 Å². The molecule has 1 fully saturated rings. The molecule has 0 radical (unpaired) electrons. The number of hydrogen-bond donors (Lipinski definition) is 7. The van der Waals surface area contributed by atoms with E-state index in [2.05, 4.69) is 0 Å². The molecule has 14 heteroatoms. The van der Waals surface area contributed by atoms with Gasteiger partial charge in [-0.2, -0.15) is 0 Å². The van der Waals surface area contributed by atoms with E-state index in [0.29, 0.717) is 12.0 Å². The lowest BCUT2D eigenvalue weighted by Gasteiger charge is -2.40. The van der Waals surface area contributed by atoms with Crippen LogP contribution in [0.5, 0.6) is 34.5 Å². The van der Waals surface area contributed by atoms with Crippen LogP contribution in [0.4, 0.5) is 0 Å². The van der Waals surface area contributed by atoms with Crippen LogP contribution in [0.1, 0.15) is 17.2 Å². The number of allylic oxidation sites excluding steroid dienone is 1. The third-order valence-electron chi connectivity index (χ3n) is 6.72. The lowest BCUT2D eigenvalue weighted by Crippen LogP contribution is -2.59. The predicted molar refractivity (Wildman–Crippen MR) is 145 cm³/mol. The lowest BCUT2D eigenvalue weighted by atomic mass is 9.99. The zero-order chi connectivity index (χ0) is 31.0. The van der Waals surface area contributed by atoms with Crippen molar-refractivity contribution in [2.75, 3.05) is 41.7 Å². The van der Waals surface area contributed by atoms with E-state index in [4.69, 9.17) is 38.3 Å². The summed E-state index contributed by atoms with van der Waals surface area (Å²) in [5.74, 6) is 0.253. The summed E-state index contributed by atoms with van der Waals surface area (Å²) in [7, 11) is 5.45. The highest BCUT2D eigenvalue weighted by molar-refractivity contribution is 5.55. The molecular weight excluding hydrogens is 560 g/mol. The van der Waals surface area contributed by atoms with E-state index in [-0.39, 0.29) is 40.1 Å². The Labute approximate surface area is 242 Å². The van der Waals surface area contributed by atoms with Gasteiger partial charge in [0.15, 0.2) is 35.4 Å². The Morgan fingerprint density at radius 1 is 0.857 bits per heavy atom. The fraction of sp³-hybridized carbons (Fsp3) is 0.500. The first-order chi connectivity index (χ1) is 20.1. The molecule has 0 aromatic heterocycles. The molecular formula is C28H38O14. The minimum Gasteiger partial charge on any atom is -0.516 e. The van der Waals surface area contributed by atoms with Gasteiger partial charge >= 0.3 is 0 Å². The largest absolute Gasteiger partial charge is 0.516 e. The van der Waals surface area contributed by atoms with Crippen molar-refractivity contribution in [3.63, 3.8) is 0 Å². The van der Waals surface area contributed by atoms with E-state index < -0.39 is 56.1 Å². The molecule has 1 heterocycles. The van der Waals surface area contributed by atoms with Gasteiger partial charge in [0.05, 0.1) is 47.9 Å². The Balaban J connectivity index is 2.01. The molecule has 7 N–H and O–H groups in total. The Hall–Kier alpha value is -3.50. The summed E-state index contributed by atoms with van der Waals surface area (Å²) >= 11 is 0. The quantitative estimate of drug-likeness (QED) is 0.147. The SMILES string of the molecule is COc1cc([C@@H](O)[C@H](CO[C@@H]2O[C@H](CO)[C@@H](O)[C@H](O)[C@H]2O)Oc2c(OC)cc(C/C=C\O)cc2OC)cc(OC)c1O. The molecule has 1 aliphatic rings. The number of aliphatic hydroxyl groups is 6. The molecule has 0 bridgehead atoms. The van der Waals surface area contributed by atoms with Crippen LogP contribution in [-0.4, -0.2) is 114 Å². The van der Waals surface area contributed by atoms with E-state index in [1.807, 2.05) is 0 Å². The molecule has 0 aliphatic carbocycles. The van der Waals surface area contributed by atoms with Crippen molar-refractivity contribution in [3.8, 4) is 34.5 Å². The van der Waals surface area contributed by atoms with E-state index >= 15 is 0 Å². The maximum Gasteiger partial charge on any atom is 0.204 e. The molecule has 1 aliphatic heterocycles. The van der Waals surface area contributed by atoms with Crippen molar-refractivity contribution in [1.29, 1.82) is 0 Å². The highest BCUT2D eigenvalue weighted by atomic mass is 16.7. The average Bonchev–Trinajstić information content (AvgIpc) is 3.01. The number of ether oxygens (including phenoxy) is 7.